The van der Waals surface area contributed by atoms with Gasteiger partial charge >= 0.3 is 0 Å². The Kier molecular flexibility index (Phi) is 3.90. The molecule has 5 heteroatoms. The van der Waals surface area contributed by atoms with Crippen molar-refractivity contribution in [1.29, 1.82) is 5.26 Å². The molecule has 146 valence electrons. The van der Waals surface area contributed by atoms with Crippen LogP contribution in [-0.2, 0) is 0 Å². The van der Waals surface area contributed by atoms with Crippen molar-refractivity contribution >= 4 is 21.7 Å². The molecule has 5 rings (SSSR count). The third-order valence-electron chi connectivity index (χ3n) is 5.74. The van der Waals surface area contributed by atoms with Crippen molar-refractivity contribution in [2.45, 2.75) is 19.8 Å². The van der Waals surface area contributed by atoms with Gasteiger partial charge in [-0.2, -0.15) is 5.26 Å². The molecule has 1 aliphatic rings. The number of hydrogen-bond acceptors (Lipinski definition) is 4. The van der Waals surface area contributed by atoms with Gasteiger partial charge in [-0.25, -0.2) is 0 Å². The van der Waals surface area contributed by atoms with Gasteiger partial charge in [-0.3, -0.25) is 4.79 Å². The topological polar surface area (TPSA) is 91.9 Å². The lowest BCUT2D eigenvalue weighted by Gasteiger charge is -2.27. The third kappa shape index (κ3) is 2.58. The second-order valence-electron chi connectivity index (χ2n) is 7.73. The molecule has 30 heavy (non-hydrogen) atoms. The first-order valence-electron chi connectivity index (χ1n) is 9.71. The largest absolute Gasteiger partial charge is 0.440 e. The number of ether oxygens (including phenoxy) is 1. The maximum absolute atomic E-state index is 13.1. The van der Waals surface area contributed by atoms with Crippen LogP contribution in [0.5, 0.6) is 5.75 Å². The summed E-state index contributed by atoms with van der Waals surface area (Å²) in [6.45, 7) is 3.99. The van der Waals surface area contributed by atoms with Gasteiger partial charge in [0, 0.05) is 16.5 Å². The van der Waals surface area contributed by atoms with Crippen LogP contribution in [-0.4, -0.2) is 4.98 Å². The van der Waals surface area contributed by atoms with E-state index < -0.39 is 5.92 Å². The van der Waals surface area contributed by atoms with Crippen LogP contribution in [0.1, 0.15) is 28.2 Å². The van der Waals surface area contributed by atoms with Crippen molar-refractivity contribution in [2.75, 3.05) is 0 Å². The normalized spacial score (nSPS) is 15.7. The summed E-state index contributed by atoms with van der Waals surface area (Å²) in [6, 6.07) is 19.8. The minimum Gasteiger partial charge on any atom is -0.440 e. The van der Waals surface area contributed by atoms with E-state index in [1.165, 1.54) is 0 Å². The Balaban J connectivity index is 1.84. The number of H-pyrrole nitrogens is 1. The average Bonchev–Trinajstić information content (AvgIpc) is 2.73. The number of nitrogens with one attached hydrogen (secondary N) is 1. The fraction of sp³-hybridized carbons (Fsp3) is 0.120. The molecule has 0 bridgehead atoms. The number of fused-ring (bicyclic) bond motifs is 4. The second-order valence-corrected chi connectivity index (χ2v) is 7.73. The molecule has 0 amide bonds. The zero-order chi connectivity index (χ0) is 21.0. The molecule has 3 N–H and O–H groups in total. The molecule has 0 radical (unpaired) electrons. The first kappa shape index (κ1) is 18.0. The summed E-state index contributed by atoms with van der Waals surface area (Å²) in [5.74, 6) is 0.0260. The van der Waals surface area contributed by atoms with Crippen LogP contribution < -0.4 is 16.0 Å². The maximum atomic E-state index is 13.1. The van der Waals surface area contributed by atoms with Crippen LogP contribution in [0.4, 0.5) is 0 Å². The van der Waals surface area contributed by atoms with Gasteiger partial charge in [0.1, 0.15) is 17.4 Å². The third-order valence-corrected chi connectivity index (χ3v) is 5.74. The number of hydrogen-bond donors (Lipinski definition) is 2. The SMILES string of the molecule is Cc1cc(C)c2[nH]c(=O)c(C3C(C#N)=C(N)Oc4c3ccc3ccccc43)cc2c1. The first-order valence-corrected chi connectivity index (χ1v) is 9.71. The van der Waals surface area contributed by atoms with Crippen LogP contribution >= 0.6 is 0 Å². The lowest BCUT2D eigenvalue weighted by atomic mass is 9.82. The number of nitriles is 1. The van der Waals surface area contributed by atoms with Gasteiger partial charge in [-0.05, 0) is 42.3 Å². The summed E-state index contributed by atoms with van der Waals surface area (Å²) < 4.78 is 5.89. The average molecular weight is 393 g/mol. The lowest BCUT2D eigenvalue weighted by Crippen LogP contribution is -2.25. The molecule has 1 unspecified atom stereocenters. The zero-order valence-electron chi connectivity index (χ0n) is 16.6. The predicted octanol–water partition coefficient (Wildman–Crippen LogP) is 4.52. The Morgan fingerprint density at radius 2 is 1.83 bits per heavy atom. The Labute approximate surface area is 173 Å². The van der Waals surface area contributed by atoms with Crippen LogP contribution in [0.25, 0.3) is 21.7 Å². The molecule has 1 atom stereocenters. The molecule has 0 spiro atoms. The van der Waals surface area contributed by atoms with Gasteiger partial charge < -0.3 is 15.5 Å². The Bertz CT molecular complexity index is 1490. The molecule has 2 heterocycles. The maximum Gasteiger partial charge on any atom is 0.252 e. The molecule has 0 saturated carbocycles. The van der Waals surface area contributed by atoms with E-state index in [2.05, 4.69) is 11.1 Å². The summed E-state index contributed by atoms with van der Waals surface area (Å²) in [7, 11) is 0. The summed E-state index contributed by atoms with van der Waals surface area (Å²) in [4.78, 5) is 16.2. The van der Waals surface area contributed by atoms with Gasteiger partial charge in [-0.15, -0.1) is 0 Å². The minimum atomic E-state index is -0.600. The number of aryl methyl sites for hydroxylation is 2. The molecule has 0 aliphatic carbocycles. The van der Waals surface area contributed by atoms with Crippen LogP contribution in [0, 0.1) is 25.2 Å². The molecular formula is C25H19N3O2. The van der Waals surface area contributed by atoms with E-state index in [4.69, 9.17) is 10.5 Å². The van der Waals surface area contributed by atoms with E-state index in [9.17, 15) is 10.1 Å². The predicted molar refractivity (Wildman–Crippen MR) is 117 cm³/mol. The first-order chi connectivity index (χ1) is 14.5. The quantitative estimate of drug-likeness (QED) is 0.497. The lowest BCUT2D eigenvalue weighted by molar-refractivity contribution is 0.398. The van der Waals surface area contributed by atoms with Gasteiger partial charge in [-0.1, -0.05) is 48.0 Å². The van der Waals surface area contributed by atoms with E-state index in [1.54, 1.807) is 0 Å². The zero-order valence-corrected chi connectivity index (χ0v) is 16.6. The van der Waals surface area contributed by atoms with Gasteiger partial charge in [0.2, 0.25) is 5.88 Å². The molecule has 0 fully saturated rings. The van der Waals surface area contributed by atoms with Crippen molar-refractivity contribution in [3.8, 4) is 11.8 Å². The number of nitrogens with zero attached hydrogens (tertiary/aromatic N) is 1. The monoisotopic (exact) mass is 393 g/mol. The van der Waals surface area contributed by atoms with Crippen molar-refractivity contribution < 1.29 is 4.74 Å². The second kappa shape index (κ2) is 6.50. The Morgan fingerprint density at radius 1 is 1.03 bits per heavy atom. The number of rotatable bonds is 1. The van der Waals surface area contributed by atoms with E-state index in [0.29, 0.717) is 11.3 Å². The van der Waals surface area contributed by atoms with Crippen molar-refractivity contribution in [3.63, 3.8) is 0 Å². The fourth-order valence-electron chi connectivity index (χ4n) is 4.42. The fourth-order valence-corrected chi connectivity index (χ4v) is 4.42. The van der Waals surface area contributed by atoms with Crippen LogP contribution in [0.3, 0.4) is 0 Å². The van der Waals surface area contributed by atoms with E-state index in [1.807, 2.05) is 68.4 Å². The summed E-state index contributed by atoms with van der Waals surface area (Å²) in [5.41, 5.74) is 10.3. The van der Waals surface area contributed by atoms with Crippen molar-refractivity contribution in [3.05, 3.63) is 98.7 Å². The highest BCUT2D eigenvalue weighted by molar-refractivity contribution is 5.91. The van der Waals surface area contributed by atoms with Crippen molar-refractivity contribution in [1.82, 2.24) is 4.98 Å². The van der Waals surface area contributed by atoms with E-state index >= 15 is 0 Å². The highest BCUT2D eigenvalue weighted by Gasteiger charge is 2.33. The molecule has 1 aliphatic heterocycles. The molecular weight excluding hydrogens is 374 g/mol. The number of allylic oxidation sites excluding steroid dienone is 1. The minimum absolute atomic E-state index is 0.0336. The van der Waals surface area contributed by atoms with Gasteiger partial charge in [0.25, 0.3) is 5.56 Å². The highest BCUT2D eigenvalue weighted by atomic mass is 16.5. The number of aromatic amines is 1. The Hall–Kier alpha value is -4.04. The number of aromatic nitrogens is 1. The molecule has 3 aromatic carbocycles. The molecule has 1 aromatic heterocycles. The molecule has 0 saturated heterocycles. The van der Waals surface area contributed by atoms with Crippen molar-refractivity contribution in [2.24, 2.45) is 5.73 Å². The number of pyridine rings is 1. The smallest absolute Gasteiger partial charge is 0.252 e. The number of nitrogens with two attached hydrogens (primary N) is 1. The summed E-state index contributed by atoms with van der Waals surface area (Å²) >= 11 is 0. The van der Waals surface area contributed by atoms with Crippen LogP contribution in [0.2, 0.25) is 0 Å². The van der Waals surface area contributed by atoms with E-state index in [0.717, 1.165) is 38.4 Å². The summed E-state index contributed by atoms with van der Waals surface area (Å²) in [6.07, 6.45) is 0. The Morgan fingerprint density at radius 3 is 2.63 bits per heavy atom. The van der Waals surface area contributed by atoms with E-state index in [-0.39, 0.29) is 17.0 Å². The van der Waals surface area contributed by atoms with Gasteiger partial charge in [0.15, 0.2) is 0 Å². The molecule has 5 nitrogen and oxygen atoms in total. The van der Waals surface area contributed by atoms with Gasteiger partial charge in [0.05, 0.1) is 11.4 Å². The van der Waals surface area contributed by atoms with Crippen LogP contribution in [0.15, 0.2) is 70.8 Å². The summed E-state index contributed by atoms with van der Waals surface area (Å²) in [5, 5.41) is 12.7. The highest BCUT2D eigenvalue weighted by Crippen LogP contribution is 2.44. The molecule has 4 aromatic rings. The number of benzene rings is 3. The standard InChI is InChI=1S/C25H19N3O2/c1-13-9-14(2)22-16(10-13)11-19(25(29)28-22)21-18-8-7-15-5-3-4-6-17(15)23(18)30-24(27)20(21)12-26/h3-11,21H,27H2,1-2H3,(H,28,29).